The van der Waals surface area contributed by atoms with E-state index in [-0.39, 0.29) is 0 Å². The maximum Gasteiger partial charge on any atom is 0.0597 e. The molecular formula is C12H16N2. The summed E-state index contributed by atoms with van der Waals surface area (Å²) < 4.78 is 0. The van der Waals surface area contributed by atoms with Gasteiger partial charge in [0.05, 0.1) is 12.2 Å². The van der Waals surface area contributed by atoms with Gasteiger partial charge in [0.1, 0.15) is 0 Å². The minimum absolute atomic E-state index is 0.737. The van der Waals surface area contributed by atoms with Crippen LogP contribution in [0.15, 0.2) is 48.1 Å². The second-order valence-electron chi connectivity index (χ2n) is 2.91. The SMILES string of the molecule is C=CCN(/N=C/CC)c1ccccc1. The third kappa shape index (κ3) is 3.05. The largest absolute Gasteiger partial charge is 0.262 e. The Morgan fingerprint density at radius 2 is 2.07 bits per heavy atom. The molecule has 0 unspecified atom stereocenters. The fourth-order valence-corrected chi connectivity index (χ4v) is 1.12. The summed E-state index contributed by atoms with van der Waals surface area (Å²) in [7, 11) is 0. The van der Waals surface area contributed by atoms with Crippen LogP contribution in [0.3, 0.4) is 0 Å². The Labute approximate surface area is 85.6 Å². The Kier molecular flexibility index (Phi) is 4.48. The Balaban J connectivity index is 2.77. The van der Waals surface area contributed by atoms with Gasteiger partial charge in [-0.2, -0.15) is 5.10 Å². The van der Waals surface area contributed by atoms with E-state index in [1.165, 1.54) is 0 Å². The number of para-hydroxylation sites is 1. The highest BCUT2D eigenvalue weighted by molar-refractivity contribution is 5.60. The van der Waals surface area contributed by atoms with E-state index in [0.717, 1.165) is 18.7 Å². The van der Waals surface area contributed by atoms with Gasteiger partial charge in [-0.25, -0.2) is 0 Å². The molecule has 0 N–H and O–H groups in total. The zero-order valence-electron chi connectivity index (χ0n) is 8.56. The van der Waals surface area contributed by atoms with Crippen molar-refractivity contribution in [1.82, 2.24) is 0 Å². The lowest BCUT2D eigenvalue weighted by Crippen LogP contribution is -2.15. The lowest BCUT2D eigenvalue weighted by molar-refractivity contribution is 0.941. The van der Waals surface area contributed by atoms with Gasteiger partial charge in [-0.1, -0.05) is 31.2 Å². The summed E-state index contributed by atoms with van der Waals surface area (Å²) in [5, 5.41) is 6.27. The molecule has 0 spiro atoms. The highest BCUT2D eigenvalue weighted by atomic mass is 15.4. The first-order valence-corrected chi connectivity index (χ1v) is 4.84. The van der Waals surface area contributed by atoms with Gasteiger partial charge in [0.2, 0.25) is 0 Å². The molecule has 1 aromatic carbocycles. The van der Waals surface area contributed by atoms with Crippen molar-refractivity contribution in [1.29, 1.82) is 0 Å². The highest BCUT2D eigenvalue weighted by Crippen LogP contribution is 2.12. The van der Waals surface area contributed by atoms with Crippen LogP contribution in [0.1, 0.15) is 13.3 Å². The second kappa shape index (κ2) is 5.97. The summed E-state index contributed by atoms with van der Waals surface area (Å²) in [6, 6.07) is 10.1. The molecule has 1 aromatic rings. The van der Waals surface area contributed by atoms with Crippen molar-refractivity contribution in [3.8, 4) is 0 Å². The quantitative estimate of drug-likeness (QED) is 0.394. The molecule has 0 aliphatic carbocycles. The molecule has 0 heterocycles. The summed E-state index contributed by atoms with van der Waals surface area (Å²) in [5.74, 6) is 0. The number of nitrogens with zero attached hydrogens (tertiary/aromatic N) is 2. The Morgan fingerprint density at radius 3 is 2.64 bits per heavy atom. The molecule has 0 radical (unpaired) electrons. The zero-order chi connectivity index (χ0) is 10.2. The van der Waals surface area contributed by atoms with Gasteiger partial charge < -0.3 is 0 Å². The second-order valence-corrected chi connectivity index (χ2v) is 2.91. The van der Waals surface area contributed by atoms with Crippen LogP contribution in [0.2, 0.25) is 0 Å². The average molecular weight is 188 g/mol. The van der Waals surface area contributed by atoms with Gasteiger partial charge in [-0.3, -0.25) is 5.01 Å². The van der Waals surface area contributed by atoms with E-state index in [4.69, 9.17) is 0 Å². The molecular weight excluding hydrogens is 172 g/mol. The molecule has 0 fully saturated rings. The van der Waals surface area contributed by atoms with Crippen LogP contribution in [0.4, 0.5) is 5.69 Å². The van der Waals surface area contributed by atoms with Crippen LogP contribution in [0.25, 0.3) is 0 Å². The lowest BCUT2D eigenvalue weighted by atomic mass is 10.3. The standard InChI is InChI=1S/C12H16N2/c1-3-10-13-14(11-4-2)12-8-6-5-7-9-12/h4-10H,2-3,11H2,1H3/b13-10+. The summed E-state index contributed by atoms with van der Waals surface area (Å²) in [6.07, 6.45) is 4.69. The first kappa shape index (κ1) is 10.5. The first-order valence-electron chi connectivity index (χ1n) is 4.84. The number of rotatable bonds is 5. The molecule has 0 aromatic heterocycles. The number of hydrogen-bond donors (Lipinski definition) is 0. The maximum atomic E-state index is 4.34. The topological polar surface area (TPSA) is 15.6 Å². The predicted molar refractivity (Wildman–Crippen MR) is 62.8 cm³/mol. The molecule has 2 heteroatoms. The first-order chi connectivity index (χ1) is 6.88. The van der Waals surface area contributed by atoms with Crippen molar-refractivity contribution < 1.29 is 0 Å². The summed E-state index contributed by atoms with van der Waals surface area (Å²) in [6.45, 7) is 6.53. The Morgan fingerprint density at radius 1 is 1.36 bits per heavy atom. The normalized spacial score (nSPS) is 10.4. The van der Waals surface area contributed by atoms with Crippen LogP contribution >= 0.6 is 0 Å². The number of anilines is 1. The van der Waals surface area contributed by atoms with Crippen molar-refractivity contribution in [2.45, 2.75) is 13.3 Å². The average Bonchev–Trinajstić information content (AvgIpc) is 2.25. The van der Waals surface area contributed by atoms with Gasteiger partial charge in [-0.05, 0) is 18.6 Å². The Bertz CT molecular complexity index is 290. The monoisotopic (exact) mass is 188 g/mol. The van der Waals surface area contributed by atoms with Crippen LogP contribution in [-0.4, -0.2) is 12.8 Å². The minimum Gasteiger partial charge on any atom is -0.262 e. The molecule has 14 heavy (non-hydrogen) atoms. The van der Waals surface area contributed by atoms with Crippen molar-refractivity contribution in [2.24, 2.45) is 5.10 Å². The zero-order valence-corrected chi connectivity index (χ0v) is 8.56. The van der Waals surface area contributed by atoms with E-state index in [9.17, 15) is 0 Å². The lowest BCUT2D eigenvalue weighted by Gasteiger charge is -2.16. The van der Waals surface area contributed by atoms with Crippen LogP contribution in [-0.2, 0) is 0 Å². The third-order valence-electron chi connectivity index (χ3n) is 1.76. The Hall–Kier alpha value is -1.57. The third-order valence-corrected chi connectivity index (χ3v) is 1.76. The summed E-state index contributed by atoms with van der Waals surface area (Å²) in [5.41, 5.74) is 1.09. The van der Waals surface area contributed by atoms with Gasteiger partial charge in [0.25, 0.3) is 0 Å². The molecule has 0 aliphatic rings. The van der Waals surface area contributed by atoms with Crippen LogP contribution < -0.4 is 5.01 Å². The smallest absolute Gasteiger partial charge is 0.0597 e. The molecule has 0 saturated heterocycles. The maximum absolute atomic E-state index is 4.34. The van der Waals surface area contributed by atoms with E-state index >= 15 is 0 Å². The van der Waals surface area contributed by atoms with Gasteiger partial charge >= 0.3 is 0 Å². The van der Waals surface area contributed by atoms with E-state index in [0.29, 0.717) is 0 Å². The number of hydrogen-bond acceptors (Lipinski definition) is 2. The summed E-state index contributed by atoms with van der Waals surface area (Å²) >= 11 is 0. The van der Waals surface area contributed by atoms with Crippen molar-refractivity contribution in [3.63, 3.8) is 0 Å². The van der Waals surface area contributed by atoms with E-state index in [1.54, 1.807) is 0 Å². The van der Waals surface area contributed by atoms with Crippen LogP contribution in [0, 0.1) is 0 Å². The number of hydrazone groups is 1. The van der Waals surface area contributed by atoms with Crippen molar-refractivity contribution >= 4 is 11.9 Å². The predicted octanol–water partition coefficient (Wildman–Crippen LogP) is 3.07. The molecule has 0 saturated carbocycles. The van der Waals surface area contributed by atoms with Gasteiger partial charge in [0.15, 0.2) is 0 Å². The highest BCUT2D eigenvalue weighted by Gasteiger charge is 1.99. The van der Waals surface area contributed by atoms with Crippen molar-refractivity contribution in [3.05, 3.63) is 43.0 Å². The molecule has 74 valence electrons. The minimum atomic E-state index is 0.737. The molecule has 1 rings (SSSR count). The van der Waals surface area contributed by atoms with E-state index < -0.39 is 0 Å². The van der Waals surface area contributed by atoms with Gasteiger partial charge in [-0.15, -0.1) is 6.58 Å². The molecule has 0 atom stereocenters. The summed E-state index contributed by atoms with van der Waals surface area (Å²) in [4.78, 5) is 0. The number of benzene rings is 1. The van der Waals surface area contributed by atoms with Crippen molar-refractivity contribution in [2.75, 3.05) is 11.6 Å². The van der Waals surface area contributed by atoms with E-state index in [2.05, 4.69) is 18.6 Å². The fraction of sp³-hybridized carbons (Fsp3) is 0.250. The molecule has 0 bridgehead atoms. The fourth-order valence-electron chi connectivity index (χ4n) is 1.12. The van der Waals surface area contributed by atoms with Crippen LogP contribution in [0.5, 0.6) is 0 Å². The molecule has 2 nitrogen and oxygen atoms in total. The van der Waals surface area contributed by atoms with E-state index in [1.807, 2.05) is 47.6 Å². The molecule has 0 aliphatic heterocycles. The van der Waals surface area contributed by atoms with Gasteiger partial charge in [0, 0.05) is 6.21 Å². The molecule has 0 amide bonds.